The third kappa shape index (κ3) is 6.54. The summed E-state index contributed by atoms with van der Waals surface area (Å²) in [5.74, 6) is -5.57. The minimum Gasteiger partial charge on any atom is -0.491 e. The van der Waals surface area contributed by atoms with Crippen molar-refractivity contribution in [1.82, 2.24) is 0 Å². The number of rotatable bonds is 11. The zero-order valence-corrected chi connectivity index (χ0v) is 22.0. The molecule has 208 valence electrons. The Balaban J connectivity index is 1.39. The topological polar surface area (TPSA) is 27.7 Å². The number of allylic oxidation sites excluding steroid dienone is 2. The molecular formula is C31H31F5O3. The van der Waals surface area contributed by atoms with Gasteiger partial charge in [-0.05, 0) is 80.0 Å². The molecule has 3 aromatic carbocycles. The summed E-state index contributed by atoms with van der Waals surface area (Å²) in [6.07, 6.45) is 5.53. The van der Waals surface area contributed by atoms with Gasteiger partial charge in [-0.3, -0.25) is 0 Å². The van der Waals surface area contributed by atoms with E-state index in [0.29, 0.717) is 31.4 Å². The van der Waals surface area contributed by atoms with Gasteiger partial charge in [0.25, 0.3) is 0 Å². The van der Waals surface area contributed by atoms with Gasteiger partial charge in [-0.2, -0.15) is 13.2 Å². The maximum atomic E-state index is 15.0. The molecule has 0 spiro atoms. The fraction of sp³-hybridized carbons (Fsp3) is 0.355. The Labute approximate surface area is 225 Å². The van der Waals surface area contributed by atoms with E-state index in [1.165, 1.54) is 36.4 Å². The molecule has 0 heterocycles. The standard InChI is InChI=1S/C31H31F5O3/c1-3-5-16-38-26-14-15-27(31(36)30(26)35)39-18-19-6-8-20(9-7-19)21-10-11-22(24(32)17-21)23-12-13-25(37-4-2)29(34)28(23)33/h8,10-15,17,19H,3-7,9,16,18H2,1-2H3. The minimum absolute atomic E-state index is 0.0445. The third-order valence-electron chi connectivity index (χ3n) is 6.74. The van der Waals surface area contributed by atoms with Crippen LogP contribution in [-0.2, 0) is 0 Å². The lowest BCUT2D eigenvalue weighted by atomic mass is 9.86. The first-order valence-corrected chi connectivity index (χ1v) is 13.2. The maximum absolute atomic E-state index is 15.0. The lowest BCUT2D eigenvalue weighted by Gasteiger charge is -2.23. The van der Waals surface area contributed by atoms with Crippen LogP contribution in [0.5, 0.6) is 17.2 Å². The number of hydrogen-bond acceptors (Lipinski definition) is 3. The quantitative estimate of drug-likeness (QED) is 0.178. The van der Waals surface area contributed by atoms with Crippen LogP contribution in [0.4, 0.5) is 22.0 Å². The van der Waals surface area contributed by atoms with Crippen molar-refractivity contribution in [2.24, 2.45) is 5.92 Å². The normalized spacial score (nSPS) is 15.2. The maximum Gasteiger partial charge on any atom is 0.204 e. The predicted molar refractivity (Wildman–Crippen MR) is 140 cm³/mol. The van der Waals surface area contributed by atoms with Crippen LogP contribution in [0.3, 0.4) is 0 Å². The van der Waals surface area contributed by atoms with Crippen molar-refractivity contribution >= 4 is 5.57 Å². The van der Waals surface area contributed by atoms with Crippen molar-refractivity contribution < 1.29 is 36.2 Å². The lowest BCUT2D eigenvalue weighted by molar-refractivity contribution is 0.225. The van der Waals surface area contributed by atoms with Gasteiger partial charge in [-0.1, -0.05) is 31.6 Å². The molecule has 39 heavy (non-hydrogen) atoms. The second-order valence-corrected chi connectivity index (χ2v) is 9.44. The van der Waals surface area contributed by atoms with Crippen LogP contribution in [0.2, 0.25) is 0 Å². The second-order valence-electron chi connectivity index (χ2n) is 9.44. The molecule has 0 saturated carbocycles. The molecule has 1 atom stereocenters. The Morgan fingerprint density at radius 2 is 1.38 bits per heavy atom. The number of ether oxygens (including phenoxy) is 3. The lowest BCUT2D eigenvalue weighted by Crippen LogP contribution is -2.15. The second kappa shape index (κ2) is 13.0. The van der Waals surface area contributed by atoms with Crippen molar-refractivity contribution in [3.8, 4) is 28.4 Å². The molecule has 0 bridgehead atoms. The first-order chi connectivity index (χ1) is 18.8. The largest absolute Gasteiger partial charge is 0.491 e. The van der Waals surface area contributed by atoms with Gasteiger partial charge in [0.05, 0.1) is 19.8 Å². The summed E-state index contributed by atoms with van der Waals surface area (Å²) in [5.41, 5.74) is 1.34. The van der Waals surface area contributed by atoms with Gasteiger partial charge in [0, 0.05) is 11.1 Å². The first-order valence-electron chi connectivity index (χ1n) is 13.2. The van der Waals surface area contributed by atoms with Crippen molar-refractivity contribution in [2.45, 2.75) is 46.0 Å². The summed E-state index contributed by atoms with van der Waals surface area (Å²) in [5, 5.41) is 0. The molecule has 0 N–H and O–H groups in total. The van der Waals surface area contributed by atoms with Gasteiger partial charge in [-0.25, -0.2) is 8.78 Å². The molecule has 1 unspecified atom stereocenters. The number of benzene rings is 3. The summed E-state index contributed by atoms with van der Waals surface area (Å²) < 4.78 is 88.5. The average molecular weight is 547 g/mol. The van der Waals surface area contributed by atoms with Crippen LogP contribution in [0.15, 0.2) is 48.5 Å². The summed E-state index contributed by atoms with van der Waals surface area (Å²) in [4.78, 5) is 0. The highest BCUT2D eigenvalue weighted by atomic mass is 19.2. The van der Waals surface area contributed by atoms with Crippen LogP contribution in [-0.4, -0.2) is 19.8 Å². The molecule has 0 fully saturated rings. The molecule has 3 aromatic rings. The van der Waals surface area contributed by atoms with E-state index in [0.717, 1.165) is 18.4 Å². The fourth-order valence-corrected chi connectivity index (χ4v) is 4.51. The van der Waals surface area contributed by atoms with Gasteiger partial charge >= 0.3 is 0 Å². The van der Waals surface area contributed by atoms with Crippen LogP contribution >= 0.6 is 0 Å². The van der Waals surface area contributed by atoms with E-state index in [4.69, 9.17) is 14.2 Å². The van der Waals surface area contributed by atoms with Crippen molar-refractivity contribution in [3.63, 3.8) is 0 Å². The zero-order chi connectivity index (χ0) is 27.9. The summed E-state index contributed by atoms with van der Waals surface area (Å²) in [6.45, 7) is 4.33. The molecule has 0 radical (unpaired) electrons. The van der Waals surface area contributed by atoms with E-state index in [9.17, 15) is 22.0 Å². The Kier molecular flexibility index (Phi) is 9.49. The Hall–Kier alpha value is -3.55. The van der Waals surface area contributed by atoms with Gasteiger partial charge in [0.15, 0.2) is 23.1 Å². The van der Waals surface area contributed by atoms with E-state index in [-0.39, 0.29) is 47.5 Å². The molecular weight excluding hydrogens is 515 g/mol. The molecule has 0 amide bonds. The van der Waals surface area contributed by atoms with E-state index in [2.05, 4.69) is 0 Å². The first kappa shape index (κ1) is 28.5. The molecule has 1 aliphatic carbocycles. The smallest absolute Gasteiger partial charge is 0.204 e. The minimum atomic E-state index is -1.16. The van der Waals surface area contributed by atoms with Crippen molar-refractivity contribution in [3.05, 3.63) is 83.2 Å². The molecule has 8 heteroatoms. The van der Waals surface area contributed by atoms with Crippen molar-refractivity contribution in [2.75, 3.05) is 19.8 Å². The molecule has 0 aromatic heterocycles. The summed E-state index contributed by atoms with van der Waals surface area (Å²) >= 11 is 0. The number of unbranched alkanes of at least 4 members (excludes halogenated alkanes) is 1. The van der Waals surface area contributed by atoms with Crippen LogP contribution in [0.25, 0.3) is 16.7 Å². The van der Waals surface area contributed by atoms with Crippen LogP contribution < -0.4 is 14.2 Å². The van der Waals surface area contributed by atoms with Gasteiger partial charge in [0.2, 0.25) is 17.5 Å². The van der Waals surface area contributed by atoms with E-state index < -0.39 is 29.1 Å². The highest BCUT2D eigenvalue weighted by Crippen LogP contribution is 2.36. The Morgan fingerprint density at radius 1 is 0.744 bits per heavy atom. The zero-order valence-electron chi connectivity index (χ0n) is 22.0. The monoisotopic (exact) mass is 546 g/mol. The highest BCUT2D eigenvalue weighted by molar-refractivity contribution is 5.72. The van der Waals surface area contributed by atoms with Crippen molar-refractivity contribution in [1.29, 1.82) is 0 Å². The molecule has 3 nitrogen and oxygen atoms in total. The SMILES string of the molecule is CCCCOc1ccc(OCC2CC=C(c3ccc(-c4ccc(OCC)c(F)c4F)c(F)c3)CC2)c(F)c1F. The molecule has 1 aliphatic rings. The van der Waals surface area contributed by atoms with Crippen LogP contribution in [0.1, 0.15) is 51.5 Å². The predicted octanol–water partition coefficient (Wildman–Crippen LogP) is 8.89. The molecule has 4 rings (SSSR count). The van der Waals surface area contributed by atoms with E-state index in [1.54, 1.807) is 13.0 Å². The third-order valence-corrected chi connectivity index (χ3v) is 6.74. The summed E-state index contributed by atoms with van der Waals surface area (Å²) in [6, 6.07) is 9.75. The molecule has 0 saturated heterocycles. The molecule has 0 aliphatic heterocycles. The fourth-order valence-electron chi connectivity index (χ4n) is 4.51. The van der Waals surface area contributed by atoms with Gasteiger partial charge in [-0.15, -0.1) is 0 Å². The average Bonchev–Trinajstić information content (AvgIpc) is 2.94. The number of halogens is 5. The van der Waals surface area contributed by atoms with E-state index in [1.807, 2.05) is 13.0 Å². The van der Waals surface area contributed by atoms with Crippen LogP contribution in [0, 0.1) is 35.0 Å². The van der Waals surface area contributed by atoms with E-state index >= 15 is 0 Å². The number of hydrogen-bond donors (Lipinski definition) is 0. The Bertz CT molecular complexity index is 1340. The highest BCUT2D eigenvalue weighted by Gasteiger charge is 2.22. The Morgan fingerprint density at radius 3 is 2.03 bits per heavy atom. The van der Waals surface area contributed by atoms with Gasteiger partial charge < -0.3 is 14.2 Å². The summed E-state index contributed by atoms with van der Waals surface area (Å²) in [7, 11) is 0. The van der Waals surface area contributed by atoms with Gasteiger partial charge in [0.1, 0.15) is 5.82 Å².